The summed E-state index contributed by atoms with van der Waals surface area (Å²) in [4.78, 5) is 4.58. The second-order valence-electron chi connectivity index (χ2n) is 5.76. The molecule has 20 heavy (non-hydrogen) atoms. The lowest BCUT2D eigenvalue weighted by atomic mass is 9.88. The maximum atomic E-state index is 4.58. The maximum absolute atomic E-state index is 4.58. The second-order valence-corrected chi connectivity index (χ2v) is 6.52. The minimum Gasteiger partial charge on any atom is -0.270 e. The molecule has 1 atom stereocenters. The van der Waals surface area contributed by atoms with Crippen LogP contribution in [0.1, 0.15) is 83.1 Å². The minimum absolute atomic E-state index is 0.731. The smallest absolute Gasteiger partial charge is 0.256 e. The van der Waals surface area contributed by atoms with E-state index in [4.69, 9.17) is 0 Å². The van der Waals surface area contributed by atoms with Gasteiger partial charge in [0.05, 0.1) is 0 Å². The zero-order chi connectivity index (χ0) is 14.6. The van der Waals surface area contributed by atoms with Crippen LogP contribution >= 0.6 is 22.4 Å². The summed E-state index contributed by atoms with van der Waals surface area (Å²) in [5.41, 5.74) is 2.67. The summed E-state index contributed by atoms with van der Waals surface area (Å²) in [5.74, 6) is 0.731. The van der Waals surface area contributed by atoms with Crippen molar-refractivity contribution in [3.63, 3.8) is 0 Å². The van der Waals surface area contributed by atoms with Crippen molar-refractivity contribution in [1.29, 1.82) is 0 Å². The molecule has 0 fully saturated rings. The lowest BCUT2D eigenvalue weighted by molar-refractivity contribution is 0.500. The van der Waals surface area contributed by atoms with Gasteiger partial charge in [-0.3, -0.25) is 4.98 Å². The number of aromatic nitrogens is 1. The van der Waals surface area contributed by atoms with Gasteiger partial charge in [0.2, 0.25) is 0 Å². The number of unbranched alkanes of at least 4 members (excludes halogenated alkanes) is 5. The highest BCUT2D eigenvalue weighted by molar-refractivity contribution is 14.1. The predicted molar refractivity (Wildman–Crippen MR) is 101 cm³/mol. The van der Waals surface area contributed by atoms with Gasteiger partial charge in [0, 0.05) is 11.8 Å². The first-order chi connectivity index (χ1) is 9.81. The van der Waals surface area contributed by atoms with E-state index in [0.29, 0.717) is 0 Å². The van der Waals surface area contributed by atoms with E-state index in [1.807, 2.05) is 0 Å². The molecule has 0 aromatic carbocycles. The Hall–Kier alpha value is -0.0551. The molecule has 0 saturated carbocycles. The Bertz CT molecular complexity index is 339. The van der Waals surface area contributed by atoms with E-state index in [-0.39, 0.29) is 0 Å². The molecule has 1 rings (SSSR count). The zero-order valence-corrected chi connectivity index (χ0v) is 15.4. The Kier molecular flexibility index (Phi) is 10.4. The summed E-state index contributed by atoms with van der Waals surface area (Å²) in [7, 11) is 0. The summed E-state index contributed by atoms with van der Waals surface area (Å²) in [6, 6.07) is 4.53. The van der Waals surface area contributed by atoms with Gasteiger partial charge < -0.3 is 0 Å². The van der Waals surface area contributed by atoms with Crippen LogP contribution < -0.4 is 5.59 Å². The highest BCUT2D eigenvalue weighted by Gasteiger charge is 2.11. The molecule has 0 bridgehead atoms. The van der Waals surface area contributed by atoms with Crippen molar-refractivity contribution in [3.05, 3.63) is 23.9 Å². The third-order valence-corrected chi connectivity index (χ3v) is 4.80. The fourth-order valence-corrected chi connectivity index (χ4v) is 3.14. The fraction of sp³-hybridized carbons (Fsp3) is 0.706. The molecule has 0 aliphatic heterocycles. The molecule has 0 N–H and O–H groups in total. The van der Waals surface area contributed by atoms with Gasteiger partial charge in [0.25, 0.3) is 5.14 Å². The molecule has 112 valence electrons. The van der Waals surface area contributed by atoms with E-state index < -0.39 is 0 Å². The number of nitrogens with zero attached hydrogens (tertiary/aromatic N) is 1. The van der Waals surface area contributed by atoms with E-state index in [2.05, 4.69) is 59.5 Å². The van der Waals surface area contributed by atoms with Crippen molar-refractivity contribution in [2.45, 2.75) is 77.6 Å². The number of halogens is 1. The lowest BCUT2D eigenvalue weighted by Gasteiger charge is -2.17. The molecule has 1 aromatic rings. The van der Waals surface area contributed by atoms with Gasteiger partial charge >= 0.3 is 0 Å². The highest BCUT2D eigenvalue weighted by atomic mass is 127. The van der Waals surface area contributed by atoms with Gasteiger partial charge in [-0.2, -0.15) is 0 Å². The average molecular weight is 385 g/mol. The van der Waals surface area contributed by atoms with Crippen LogP contribution in [-0.2, 0) is 0 Å². The van der Waals surface area contributed by atoms with Crippen LogP contribution in [0, 0.1) is 0 Å². The van der Waals surface area contributed by atoms with Crippen molar-refractivity contribution in [2.75, 3.05) is 0 Å². The molecule has 0 saturated heterocycles. The third kappa shape index (κ3) is 7.10. The molecular weight excluding hydrogens is 356 g/mol. The van der Waals surface area contributed by atoms with E-state index in [0.717, 1.165) is 11.1 Å². The van der Waals surface area contributed by atoms with Crippen LogP contribution in [0.25, 0.3) is 0 Å². The van der Waals surface area contributed by atoms with Crippen LogP contribution in [-0.4, -0.2) is 10.1 Å². The third-order valence-electron chi connectivity index (χ3n) is 4.02. The molecule has 0 spiro atoms. The average Bonchev–Trinajstić information content (AvgIpc) is 2.50. The van der Waals surface area contributed by atoms with E-state index >= 15 is 0 Å². The molecule has 0 radical (unpaired) electrons. The second kappa shape index (κ2) is 11.6. The van der Waals surface area contributed by atoms with E-state index in [1.54, 1.807) is 0 Å². The van der Waals surface area contributed by atoms with Crippen molar-refractivity contribution >= 4 is 33.1 Å². The fourth-order valence-electron chi connectivity index (χ4n) is 2.69. The Balaban J connectivity index is 2.54. The number of hydrogen-bond acceptors (Lipinski definition) is 1. The van der Waals surface area contributed by atoms with Crippen molar-refractivity contribution < 1.29 is 0 Å². The first-order valence-corrected chi connectivity index (χ1v) is 9.85. The van der Waals surface area contributed by atoms with E-state index in [9.17, 15) is 0 Å². The Morgan fingerprint density at radius 1 is 1.00 bits per heavy atom. The van der Waals surface area contributed by atoms with Crippen LogP contribution in [0.15, 0.2) is 18.3 Å². The standard InChI is InChI=1S/C17H29BIN/c1-3-5-7-9-11-15(10-8-6-4-2)16-12-13-17(18-19)20-14-16/h12-15,18H,3-11H2,1-2H3. The molecule has 1 heterocycles. The highest BCUT2D eigenvalue weighted by Crippen LogP contribution is 2.27. The molecule has 0 aliphatic rings. The number of rotatable bonds is 11. The number of hydrogen-bond donors (Lipinski definition) is 0. The topological polar surface area (TPSA) is 12.9 Å². The Labute approximate surface area is 139 Å². The molecule has 1 nitrogen and oxygen atoms in total. The molecule has 1 unspecified atom stereocenters. The summed E-state index contributed by atoms with van der Waals surface area (Å²) in [6.07, 6.45) is 14.3. The lowest BCUT2D eigenvalue weighted by Crippen LogP contribution is -2.13. The molecule has 1 aromatic heterocycles. The van der Waals surface area contributed by atoms with Crippen LogP contribution in [0.4, 0.5) is 0 Å². The summed E-state index contributed by atoms with van der Waals surface area (Å²) in [6.45, 7) is 4.57. The SMILES string of the molecule is CCCCCCC(CCCCC)c1ccc(BI)nc1. The van der Waals surface area contributed by atoms with Crippen molar-refractivity contribution in [1.82, 2.24) is 4.98 Å². The first-order valence-electron chi connectivity index (χ1n) is 8.32. The van der Waals surface area contributed by atoms with E-state index in [1.165, 1.54) is 68.9 Å². The molecule has 0 aliphatic carbocycles. The Morgan fingerprint density at radius 2 is 1.65 bits per heavy atom. The number of pyridine rings is 1. The quantitative estimate of drug-likeness (QED) is 0.293. The van der Waals surface area contributed by atoms with Crippen LogP contribution in [0.5, 0.6) is 0 Å². The summed E-state index contributed by atoms with van der Waals surface area (Å²) in [5, 5.41) is 1.01. The molecular formula is C17H29BIN. The van der Waals surface area contributed by atoms with Crippen LogP contribution in [0.3, 0.4) is 0 Å². The Morgan fingerprint density at radius 3 is 2.20 bits per heavy atom. The van der Waals surface area contributed by atoms with Crippen molar-refractivity contribution in [3.8, 4) is 0 Å². The summed E-state index contributed by atoms with van der Waals surface area (Å²) < 4.78 is 0. The van der Waals surface area contributed by atoms with Gasteiger partial charge in [-0.05, 0) is 30.4 Å². The molecule has 3 heteroatoms. The monoisotopic (exact) mass is 385 g/mol. The van der Waals surface area contributed by atoms with Gasteiger partial charge in [-0.1, -0.05) is 64.9 Å². The zero-order valence-electron chi connectivity index (χ0n) is 13.2. The summed E-state index contributed by atoms with van der Waals surface area (Å²) >= 11 is 2.38. The van der Waals surface area contributed by atoms with Crippen molar-refractivity contribution in [2.24, 2.45) is 0 Å². The van der Waals surface area contributed by atoms with Gasteiger partial charge in [-0.15, -0.1) is 22.4 Å². The van der Waals surface area contributed by atoms with Crippen LogP contribution in [0.2, 0.25) is 0 Å². The molecule has 0 amide bonds. The normalized spacial score (nSPS) is 12.3. The predicted octanol–water partition coefficient (Wildman–Crippen LogP) is 5.13. The maximum Gasteiger partial charge on any atom is 0.256 e. The van der Waals surface area contributed by atoms with Gasteiger partial charge in [0.1, 0.15) is 0 Å². The first kappa shape index (κ1) is 18.0. The van der Waals surface area contributed by atoms with Gasteiger partial charge in [0.15, 0.2) is 0 Å². The van der Waals surface area contributed by atoms with Gasteiger partial charge in [-0.25, -0.2) is 0 Å². The minimum atomic E-state index is 0.731. The largest absolute Gasteiger partial charge is 0.270 e.